The van der Waals surface area contributed by atoms with E-state index in [1.807, 2.05) is 28.5 Å². The van der Waals surface area contributed by atoms with Gasteiger partial charge in [0.05, 0.1) is 29.0 Å². The van der Waals surface area contributed by atoms with Crippen molar-refractivity contribution in [1.82, 2.24) is 24.6 Å². The maximum Gasteiger partial charge on any atom is 0.435 e. The van der Waals surface area contributed by atoms with E-state index in [2.05, 4.69) is 15.2 Å². The molecule has 2 aliphatic rings. The number of piperidine rings is 1. The molecule has 2 aliphatic heterocycles. The normalized spacial score (nSPS) is 20.2. The molecule has 5 heterocycles. The Hall–Kier alpha value is -3.12. The molecule has 2 unspecified atom stereocenters. The lowest BCUT2D eigenvalue weighted by Gasteiger charge is -2.34. The number of oxime groups is 1. The van der Waals surface area contributed by atoms with Crippen molar-refractivity contribution in [3.8, 4) is 0 Å². The van der Waals surface area contributed by atoms with Crippen molar-refractivity contribution in [2.75, 3.05) is 13.1 Å². The number of hydrogen-bond acceptors (Lipinski definition) is 8. The van der Waals surface area contributed by atoms with Crippen LogP contribution in [0.15, 0.2) is 41.0 Å². The van der Waals surface area contributed by atoms with Crippen molar-refractivity contribution < 1.29 is 22.8 Å². The summed E-state index contributed by atoms with van der Waals surface area (Å²) < 4.78 is 40.2. The van der Waals surface area contributed by atoms with Gasteiger partial charge in [0.2, 0.25) is 0 Å². The van der Waals surface area contributed by atoms with E-state index < -0.39 is 17.9 Å². The van der Waals surface area contributed by atoms with Crippen LogP contribution in [0.1, 0.15) is 59.1 Å². The van der Waals surface area contributed by atoms with E-state index in [-0.39, 0.29) is 18.6 Å². The summed E-state index contributed by atoms with van der Waals surface area (Å²) in [4.78, 5) is 28.5. The first kappa shape index (κ1) is 24.6. The van der Waals surface area contributed by atoms with Gasteiger partial charge in [-0.3, -0.25) is 14.6 Å². The molecule has 190 valence electrons. The third kappa shape index (κ3) is 5.19. The van der Waals surface area contributed by atoms with Crippen LogP contribution in [0.2, 0.25) is 0 Å². The van der Waals surface area contributed by atoms with Gasteiger partial charge in [-0.2, -0.15) is 18.3 Å². The van der Waals surface area contributed by atoms with Crippen LogP contribution in [0, 0.1) is 6.92 Å². The van der Waals surface area contributed by atoms with Gasteiger partial charge in [0.1, 0.15) is 12.0 Å². The number of aryl methyl sites for hydroxylation is 1. The van der Waals surface area contributed by atoms with E-state index in [0.29, 0.717) is 25.2 Å². The Labute approximate surface area is 209 Å². The third-order valence-electron chi connectivity index (χ3n) is 6.64. The number of halogens is 3. The van der Waals surface area contributed by atoms with Crippen LogP contribution in [0.25, 0.3) is 0 Å². The van der Waals surface area contributed by atoms with Crippen molar-refractivity contribution in [3.05, 3.63) is 63.6 Å². The molecule has 0 aromatic carbocycles. The van der Waals surface area contributed by atoms with Gasteiger partial charge in [-0.1, -0.05) is 11.2 Å². The number of aldehydes is 1. The van der Waals surface area contributed by atoms with Crippen LogP contribution in [0.3, 0.4) is 0 Å². The zero-order chi connectivity index (χ0) is 25.3. The lowest BCUT2D eigenvalue weighted by molar-refractivity contribution is -0.141. The standard InChI is InChI=1S/C24H25F3N6O2S/c1-15-10-22(24(25,26)27)30-33(15)12-17(13-34)32-8-5-16(6-9-32)23-29-20(14-36-23)19-11-21(35-31-19)18-4-2-3-7-28-18/h2-4,7,10,13-14,16-17,21H,5-6,8-9,11-12H2,1H3. The quantitative estimate of drug-likeness (QED) is 0.432. The largest absolute Gasteiger partial charge is 0.435 e. The molecule has 0 radical (unpaired) electrons. The highest BCUT2D eigenvalue weighted by molar-refractivity contribution is 7.10. The average Bonchev–Trinajstić information content (AvgIpc) is 3.63. The first-order chi connectivity index (χ1) is 17.3. The van der Waals surface area contributed by atoms with E-state index in [9.17, 15) is 18.0 Å². The molecule has 0 spiro atoms. The molecule has 0 aliphatic carbocycles. The Balaban J connectivity index is 1.17. The number of hydrogen-bond donors (Lipinski definition) is 0. The smallest absolute Gasteiger partial charge is 0.385 e. The van der Waals surface area contributed by atoms with Crippen molar-refractivity contribution in [1.29, 1.82) is 0 Å². The highest BCUT2D eigenvalue weighted by Gasteiger charge is 2.35. The van der Waals surface area contributed by atoms with Crippen LogP contribution in [0.5, 0.6) is 0 Å². The third-order valence-corrected chi connectivity index (χ3v) is 7.65. The van der Waals surface area contributed by atoms with Crippen molar-refractivity contribution >= 4 is 23.3 Å². The van der Waals surface area contributed by atoms with Gasteiger partial charge < -0.3 is 9.63 Å². The van der Waals surface area contributed by atoms with Gasteiger partial charge in [-0.05, 0) is 51.1 Å². The summed E-state index contributed by atoms with van der Waals surface area (Å²) in [7, 11) is 0. The fraction of sp³-hybridized carbons (Fsp3) is 0.458. The molecule has 0 amide bonds. The molecule has 3 aromatic rings. The molecule has 1 saturated heterocycles. The number of likely N-dealkylation sites (tertiary alicyclic amines) is 1. The van der Waals surface area contributed by atoms with Gasteiger partial charge in [-0.15, -0.1) is 11.3 Å². The Morgan fingerprint density at radius 2 is 2.08 bits per heavy atom. The number of alkyl halides is 3. The highest BCUT2D eigenvalue weighted by Crippen LogP contribution is 2.34. The Morgan fingerprint density at radius 1 is 1.28 bits per heavy atom. The lowest BCUT2D eigenvalue weighted by atomic mass is 9.96. The SMILES string of the molecule is Cc1cc(C(F)(F)F)nn1CC(C=O)N1CCC(c2nc(C3=NOC(c4ccccn4)C3)cs2)CC1. The minimum absolute atomic E-state index is 0.0920. The number of nitrogens with zero attached hydrogens (tertiary/aromatic N) is 6. The highest BCUT2D eigenvalue weighted by atomic mass is 32.1. The molecule has 0 bridgehead atoms. The first-order valence-corrected chi connectivity index (χ1v) is 12.6. The van der Waals surface area contributed by atoms with Crippen LogP contribution in [0.4, 0.5) is 13.2 Å². The van der Waals surface area contributed by atoms with Gasteiger partial charge in [-0.25, -0.2) is 4.98 Å². The van der Waals surface area contributed by atoms with Gasteiger partial charge in [0.15, 0.2) is 11.8 Å². The molecule has 12 heteroatoms. The van der Waals surface area contributed by atoms with Crippen LogP contribution in [-0.4, -0.2) is 55.8 Å². The molecule has 5 rings (SSSR count). The lowest BCUT2D eigenvalue weighted by Crippen LogP contribution is -2.44. The molecular weight excluding hydrogens is 493 g/mol. The minimum atomic E-state index is -4.51. The van der Waals surface area contributed by atoms with E-state index in [4.69, 9.17) is 9.82 Å². The summed E-state index contributed by atoms with van der Waals surface area (Å²) in [6.07, 6.45) is 0.0448. The van der Waals surface area contributed by atoms with E-state index >= 15 is 0 Å². The summed E-state index contributed by atoms with van der Waals surface area (Å²) in [6.45, 7) is 2.96. The summed E-state index contributed by atoms with van der Waals surface area (Å²) in [6, 6.07) is 6.16. The Kier molecular flexibility index (Phi) is 6.89. The number of rotatable bonds is 7. The molecule has 36 heavy (non-hydrogen) atoms. The van der Waals surface area contributed by atoms with E-state index in [1.165, 1.54) is 4.68 Å². The maximum absolute atomic E-state index is 13.0. The predicted octanol–water partition coefficient (Wildman–Crippen LogP) is 4.37. The van der Waals surface area contributed by atoms with Crippen molar-refractivity contribution in [2.45, 2.75) is 57.0 Å². The predicted molar refractivity (Wildman–Crippen MR) is 127 cm³/mol. The number of aromatic nitrogens is 4. The first-order valence-electron chi connectivity index (χ1n) is 11.7. The number of carbonyl (C=O) groups is 1. The second-order valence-electron chi connectivity index (χ2n) is 9.03. The number of carbonyl (C=O) groups excluding carboxylic acids is 1. The van der Waals surface area contributed by atoms with E-state index in [0.717, 1.165) is 47.3 Å². The monoisotopic (exact) mass is 518 g/mol. The Morgan fingerprint density at radius 3 is 2.75 bits per heavy atom. The summed E-state index contributed by atoms with van der Waals surface area (Å²) in [5.74, 6) is 0.255. The van der Waals surface area contributed by atoms with E-state index in [1.54, 1.807) is 24.5 Å². The number of pyridine rings is 1. The number of thiazole rings is 1. The van der Waals surface area contributed by atoms with Gasteiger partial charge in [0.25, 0.3) is 0 Å². The molecule has 2 atom stereocenters. The van der Waals surface area contributed by atoms with Gasteiger partial charge in [0, 0.05) is 29.6 Å². The van der Waals surface area contributed by atoms with Gasteiger partial charge >= 0.3 is 6.18 Å². The molecule has 8 nitrogen and oxygen atoms in total. The zero-order valence-electron chi connectivity index (χ0n) is 19.6. The minimum Gasteiger partial charge on any atom is -0.385 e. The molecule has 0 N–H and O–H groups in total. The summed E-state index contributed by atoms with van der Waals surface area (Å²) in [5, 5.41) is 10.9. The fourth-order valence-electron chi connectivity index (χ4n) is 4.59. The van der Waals surface area contributed by atoms with Crippen LogP contribution in [-0.2, 0) is 22.4 Å². The topological polar surface area (TPSA) is 85.5 Å². The molecule has 0 saturated carbocycles. The molecule has 3 aromatic heterocycles. The van der Waals surface area contributed by atoms with Crippen molar-refractivity contribution in [2.24, 2.45) is 5.16 Å². The fourth-order valence-corrected chi connectivity index (χ4v) is 5.60. The molecular formula is C24H25F3N6O2S. The maximum atomic E-state index is 13.0. The summed E-state index contributed by atoms with van der Waals surface area (Å²) in [5.41, 5.74) is 1.90. The van der Waals surface area contributed by atoms with Crippen molar-refractivity contribution in [3.63, 3.8) is 0 Å². The second-order valence-corrected chi connectivity index (χ2v) is 9.92. The average molecular weight is 519 g/mol. The van der Waals surface area contributed by atoms with Crippen LogP contribution < -0.4 is 0 Å². The second kappa shape index (κ2) is 10.1. The zero-order valence-corrected chi connectivity index (χ0v) is 20.4. The molecule has 1 fully saturated rings. The summed E-state index contributed by atoms with van der Waals surface area (Å²) >= 11 is 1.59. The van der Waals surface area contributed by atoms with Crippen LogP contribution >= 0.6 is 11.3 Å². The Bertz CT molecular complexity index is 1230.